The topological polar surface area (TPSA) is 84.0 Å². The summed E-state index contributed by atoms with van der Waals surface area (Å²) >= 11 is 24.3. The Morgan fingerprint density at radius 3 is 2.23 bits per heavy atom. The molecule has 0 aromatic heterocycles. The molecule has 0 spiro atoms. The number of nitrogens with zero attached hydrogens (tertiary/aromatic N) is 2. The smallest absolute Gasteiger partial charge is 0.330 e. The van der Waals surface area contributed by atoms with Crippen molar-refractivity contribution in [3.63, 3.8) is 0 Å². The van der Waals surface area contributed by atoms with Gasteiger partial charge in [-0.3, -0.25) is 19.3 Å². The number of rotatable bonds is 4. The molecular formula is C18H14Cl4N2O5S. The number of carbonyl (C=O) groups excluding carboxylic acids is 4. The van der Waals surface area contributed by atoms with E-state index in [2.05, 4.69) is 0 Å². The summed E-state index contributed by atoms with van der Waals surface area (Å²) in [5.41, 5.74) is 0.492. The first-order valence-electron chi connectivity index (χ1n) is 8.76. The summed E-state index contributed by atoms with van der Waals surface area (Å²) in [6.45, 7) is 1.21. The van der Waals surface area contributed by atoms with Gasteiger partial charge in [0.1, 0.15) is 24.1 Å². The molecule has 2 saturated heterocycles. The predicted octanol–water partition coefficient (Wildman–Crippen LogP) is 2.85. The first-order valence-corrected chi connectivity index (χ1v) is 11.3. The summed E-state index contributed by atoms with van der Waals surface area (Å²) in [6, 6.07) is 4.30. The van der Waals surface area contributed by atoms with Crippen LogP contribution in [0.15, 0.2) is 24.3 Å². The van der Waals surface area contributed by atoms with Crippen LogP contribution in [0.25, 0.3) is 0 Å². The highest BCUT2D eigenvalue weighted by Crippen LogP contribution is 2.53. The Kier molecular flexibility index (Phi) is 5.47. The van der Waals surface area contributed by atoms with E-state index in [-0.39, 0.29) is 17.0 Å². The fourth-order valence-corrected chi connectivity index (χ4v) is 6.06. The molecule has 160 valence electrons. The molecular weight excluding hydrogens is 498 g/mol. The Morgan fingerprint density at radius 2 is 1.73 bits per heavy atom. The molecule has 0 N–H and O–H groups in total. The zero-order chi connectivity index (χ0) is 22.0. The first kappa shape index (κ1) is 22.0. The number of carbonyl (C=O) groups is 4. The zero-order valence-electron chi connectivity index (χ0n) is 15.3. The Morgan fingerprint density at radius 1 is 1.17 bits per heavy atom. The maximum absolute atomic E-state index is 13.0. The van der Waals surface area contributed by atoms with Gasteiger partial charge in [-0.2, -0.15) is 0 Å². The fourth-order valence-electron chi connectivity index (χ4n) is 3.90. The molecule has 3 heterocycles. The molecule has 1 aromatic rings. The second-order valence-electron chi connectivity index (χ2n) is 7.30. The lowest BCUT2D eigenvalue weighted by Crippen LogP contribution is -2.71. The zero-order valence-corrected chi connectivity index (χ0v) is 19.2. The molecule has 3 amide bonds. The maximum Gasteiger partial charge on any atom is 0.330 e. The van der Waals surface area contributed by atoms with E-state index in [9.17, 15) is 19.2 Å². The molecule has 0 saturated carbocycles. The average Bonchev–Trinajstić information content (AvgIpc) is 3.11. The average molecular weight is 512 g/mol. The van der Waals surface area contributed by atoms with Gasteiger partial charge in [0.05, 0.1) is 15.9 Å². The molecule has 0 aliphatic carbocycles. The standard InChI is InChI=1S/C18H14Cl4N2O5S/c1-17(6-19)11(16(28)29-7-18(20,21)22)24-14(27)10(15(24)30-17)23-12(25)8-4-2-3-5-9(8)13(23)26/h2-5,10-11,15H,6-7H2,1H3/t10?,11?,15-,17+/m1/s1. The lowest BCUT2D eigenvalue weighted by Gasteiger charge is -2.46. The van der Waals surface area contributed by atoms with Crippen molar-refractivity contribution in [2.24, 2.45) is 0 Å². The van der Waals surface area contributed by atoms with Crippen molar-refractivity contribution < 1.29 is 23.9 Å². The van der Waals surface area contributed by atoms with Crippen molar-refractivity contribution in [3.8, 4) is 0 Å². The highest BCUT2D eigenvalue weighted by molar-refractivity contribution is 8.01. The number of fused-ring (bicyclic) bond motifs is 2. The fraction of sp³-hybridized carbons (Fsp3) is 0.444. The number of β-lactam (4-membered cyclic amide) rings is 1. The van der Waals surface area contributed by atoms with Crippen LogP contribution < -0.4 is 0 Å². The number of amides is 3. The largest absolute Gasteiger partial charge is 0.460 e. The second-order valence-corrected chi connectivity index (χ2v) is 11.7. The van der Waals surface area contributed by atoms with E-state index in [0.29, 0.717) is 0 Å². The molecule has 4 rings (SSSR count). The minimum atomic E-state index is -1.81. The Balaban J connectivity index is 1.60. The third-order valence-electron chi connectivity index (χ3n) is 5.27. The number of imide groups is 1. The Bertz CT molecular complexity index is 935. The van der Waals surface area contributed by atoms with Gasteiger partial charge in [0.2, 0.25) is 3.79 Å². The summed E-state index contributed by atoms with van der Waals surface area (Å²) in [4.78, 5) is 53.6. The molecule has 1 aromatic carbocycles. The van der Waals surface area contributed by atoms with Crippen LogP contribution in [0.1, 0.15) is 27.6 Å². The van der Waals surface area contributed by atoms with E-state index in [1.165, 1.54) is 28.8 Å². The third-order valence-corrected chi connectivity index (χ3v) is 7.94. The quantitative estimate of drug-likeness (QED) is 0.267. The predicted molar refractivity (Wildman–Crippen MR) is 113 cm³/mol. The van der Waals surface area contributed by atoms with Crippen LogP contribution in [-0.4, -0.2) is 72.0 Å². The molecule has 2 fully saturated rings. The number of hydrogen-bond donors (Lipinski definition) is 0. The van der Waals surface area contributed by atoms with Crippen LogP contribution in [0.4, 0.5) is 0 Å². The summed E-state index contributed by atoms with van der Waals surface area (Å²) in [5, 5.41) is -0.631. The highest BCUT2D eigenvalue weighted by atomic mass is 35.6. The monoisotopic (exact) mass is 510 g/mol. The van der Waals surface area contributed by atoms with Crippen molar-refractivity contribution in [2.45, 2.75) is 32.9 Å². The molecule has 3 aliphatic rings. The number of ether oxygens (including phenoxy) is 1. The van der Waals surface area contributed by atoms with Crippen LogP contribution in [0.5, 0.6) is 0 Å². The Hall–Kier alpha value is -1.19. The van der Waals surface area contributed by atoms with Crippen LogP contribution >= 0.6 is 58.2 Å². The van der Waals surface area contributed by atoms with Gasteiger partial charge in [-0.05, 0) is 19.1 Å². The van der Waals surface area contributed by atoms with Gasteiger partial charge in [-0.25, -0.2) is 4.79 Å². The molecule has 2 unspecified atom stereocenters. The van der Waals surface area contributed by atoms with Crippen LogP contribution in [0.2, 0.25) is 0 Å². The van der Waals surface area contributed by atoms with Gasteiger partial charge in [0.15, 0.2) is 0 Å². The number of alkyl halides is 4. The van der Waals surface area contributed by atoms with Crippen molar-refractivity contribution in [1.82, 2.24) is 9.80 Å². The van der Waals surface area contributed by atoms with E-state index in [1.807, 2.05) is 0 Å². The van der Waals surface area contributed by atoms with E-state index < -0.39 is 56.3 Å². The lowest BCUT2D eigenvalue weighted by molar-refractivity contribution is -0.165. The normalized spacial score (nSPS) is 30.3. The van der Waals surface area contributed by atoms with Gasteiger partial charge < -0.3 is 9.64 Å². The molecule has 0 radical (unpaired) electrons. The molecule has 0 bridgehead atoms. The second kappa shape index (κ2) is 7.45. The third kappa shape index (κ3) is 3.28. The number of esters is 1. The SMILES string of the molecule is C[C@@]1(CCl)S[C@@H]2C(N3C(=O)c4ccccc4C3=O)C(=O)N2C1C(=O)OCC(Cl)(Cl)Cl. The maximum atomic E-state index is 13.0. The number of hydrogen-bond acceptors (Lipinski definition) is 6. The van der Waals surface area contributed by atoms with E-state index >= 15 is 0 Å². The van der Waals surface area contributed by atoms with Crippen LogP contribution in [0, 0.1) is 0 Å². The summed E-state index contributed by atoms with van der Waals surface area (Å²) < 4.78 is 2.37. The Labute approximate surface area is 195 Å². The molecule has 7 nitrogen and oxygen atoms in total. The summed E-state index contributed by atoms with van der Waals surface area (Å²) in [6.07, 6.45) is 0. The summed E-state index contributed by atoms with van der Waals surface area (Å²) in [5.74, 6) is -2.37. The minimum Gasteiger partial charge on any atom is -0.460 e. The minimum absolute atomic E-state index is 0.0142. The van der Waals surface area contributed by atoms with Gasteiger partial charge in [0.25, 0.3) is 17.7 Å². The van der Waals surface area contributed by atoms with Crippen LogP contribution in [-0.2, 0) is 14.3 Å². The summed E-state index contributed by atoms with van der Waals surface area (Å²) in [7, 11) is 0. The van der Waals surface area contributed by atoms with Gasteiger partial charge in [-0.15, -0.1) is 23.4 Å². The van der Waals surface area contributed by atoms with E-state index in [4.69, 9.17) is 51.1 Å². The molecule has 4 atom stereocenters. The van der Waals surface area contributed by atoms with Gasteiger partial charge in [0, 0.05) is 5.88 Å². The lowest BCUT2D eigenvalue weighted by atomic mass is 9.95. The number of benzene rings is 1. The molecule has 12 heteroatoms. The number of thioether (sulfide) groups is 1. The van der Waals surface area contributed by atoms with Crippen molar-refractivity contribution >= 4 is 81.9 Å². The van der Waals surface area contributed by atoms with Gasteiger partial charge >= 0.3 is 5.97 Å². The van der Waals surface area contributed by atoms with E-state index in [0.717, 1.165) is 4.90 Å². The number of halogens is 4. The highest BCUT2D eigenvalue weighted by Gasteiger charge is 2.68. The van der Waals surface area contributed by atoms with Crippen LogP contribution in [0.3, 0.4) is 0 Å². The van der Waals surface area contributed by atoms with E-state index in [1.54, 1.807) is 19.1 Å². The van der Waals surface area contributed by atoms with Crippen molar-refractivity contribution in [3.05, 3.63) is 35.4 Å². The van der Waals surface area contributed by atoms with Gasteiger partial charge in [-0.1, -0.05) is 46.9 Å². The van der Waals surface area contributed by atoms with Crippen molar-refractivity contribution in [2.75, 3.05) is 12.5 Å². The van der Waals surface area contributed by atoms with Crippen molar-refractivity contribution in [1.29, 1.82) is 0 Å². The molecule has 3 aliphatic heterocycles. The first-order chi connectivity index (χ1) is 14.0. The molecule has 30 heavy (non-hydrogen) atoms.